The van der Waals surface area contributed by atoms with Gasteiger partial charge in [0.15, 0.2) is 0 Å². The van der Waals surface area contributed by atoms with Crippen LogP contribution in [-0.2, 0) is 5.41 Å². The Morgan fingerprint density at radius 1 is 0.471 bits per heavy atom. The van der Waals surface area contributed by atoms with E-state index in [9.17, 15) is 0 Å². The summed E-state index contributed by atoms with van der Waals surface area (Å²) in [5.41, 5.74) is 6.04. The van der Waals surface area contributed by atoms with E-state index in [0.717, 1.165) is 33.8 Å². The van der Waals surface area contributed by atoms with Crippen molar-refractivity contribution in [3.63, 3.8) is 0 Å². The number of benzene rings is 5. The van der Waals surface area contributed by atoms with Crippen molar-refractivity contribution < 1.29 is 4.74 Å². The first-order chi connectivity index (χ1) is 16.7. The Kier molecular flexibility index (Phi) is 5.17. The zero-order valence-electron chi connectivity index (χ0n) is 18.2. The van der Waals surface area contributed by atoms with Crippen LogP contribution in [0, 0.1) is 0 Å². The number of hydrogen-bond acceptors (Lipinski definition) is 1. The first-order valence-electron chi connectivity index (χ1n) is 11.2. The maximum Gasteiger partial charge on any atom is 0.132 e. The SMILES string of the molecule is Clc1cc(Cl)cc(-c2ccc3c(c2)Oc2ccccc2C3(c2ccccc2)c2ccccc2)c1. The molecule has 164 valence electrons. The van der Waals surface area contributed by atoms with Gasteiger partial charge in [0.2, 0.25) is 0 Å². The van der Waals surface area contributed by atoms with Gasteiger partial charge in [0, 0.05) is 21.2 Å². The molecular formula is C31H20Cl2O. The van der Waals surface area contributed by atoms with Crippen LogP contribution in [-0.4, -0.2) is 0 Å². The Labute approximate surface area is 209 Å². The fourth-order valence-corrected chi connectivity index (χ4v) is 5.64. The topological polar surface area (TPSA) is 9.23 Å². The van der Waals surface area contributed by atoms with Gasteiger partial charge in [-0.15, -0.1) is 0 Å². The second kappa shape index (κ2) is 8.36. The molecule has 0 unspecified atom stereocenters. The van der Waals surface area contributed by atoms with E-state index in [-0.39, 0.29) is 0 Å². The lowest BCUT2D eigenvalue weighted by Crippen LogP contribution is -2.34. The Balaban J connectivity index is 1.68. The smallest absolute Gasteiger partial charge is 0.132 e. The van der Waals surface area contributed by atoms with E-state index < -0.39 is 5.41 Å². The molecule has 0 bridgehead atoms. The van der Waals surface area contributed by atoms with E-state index >= 15 is 0 Å². The van der Waals surface area contributed by atoms with Gasteiger partial charge in [-0.25, -0.2) is 0 Å². The normalized spacial score (nSPS) is 13.5. The lowest BCUT2D eigenvalue weighted by molar-refractivity contribution is 0.435. The van der Waals surface area contributed by atoms with Crippen LogP contribution in [0.2, 0.25) is 10.0 Å². The van der Waals surface area contributed by atoms with Crippen LogP contribution in [0.15, 0.2) is 121 Å². The van der Waals surface area contributed by atoms with Crippen LogP contribution in [0.1, 0.15) is 22.3 Å². The van der Waals surface area contributed by atoms with E-state index in [4.69, 9.17) is 27.9 Å². The standard InChI is InChI=1S/C31H20Cl2O/c32-25-17-22(18-26(33)20-25)21-15-16-28-30(19-21)34-29-14-8-7-13-27(29)31(28,23-9-3-1-4-10-23)24-11-5-2-6-12-24/h1-20H. The number of rotatable bonds is 3. The summed E-state index contributed by atoms with van der Waals surface area (Å²) in [4.78, 5) is 0. The van der Waals surface area contributed by atoms with Gasteiger partial charge >= 0.3 is 0 Å². The van der Waals surface area contributed by atoms with Gasteiger partial charge in [-0.2, -0.15) is 0 Å². The predicted molar refractivity (Wildman–Crippen MR) is 140 cm³/mol. The quantitative estimate of drug-likeness (QED) is 0.246. The van der Waals surface area contributed by atoms with E-state index in [1.807, 2.05) is 24.3 Å². The van der Waals surface area contributed by atoms with Crippen LogP contribution in [0.4, 0.5) is 0 Å². The molecule has 34 heavy (non-hydrogen) atoms. The minimum atomic E-state index is -0.517. The molecular weight excluding hydrogens is 459 g/mol. The van der Waals surface area contributed by atoms with Crippen molar-refractivity contribution in [1.29, 1.82) is 0 Å². The molecule has 0 amide bonds. The lowest BCUT2D eigenvalue weighted by Gasteiger charge is -2.41. The molecule has 1 heterocycles. The third kappa shape index (κ3) is 3.32. The molecule has 1 nitrogen and oxygen atoms in total. The highest BCUT2D eigenvalue weighted by Crippen LogP contribution is 2.55. The molecule has 0 spiro atoms. The summed E-state index contributed by atoms with van der Waals surface area (Å²) >= 11 is 12.6. The number of fused-ring (bicyclic) bond motifs is 2. The lowest BCUT2D eigenvalue weighted by atomic mass is 9.63. The van der Waals surface area contributed by atoms with Crippen molar-refractivity contribution in [1.82, 2.24) is 0 Å². The molecule has 0 saturated heterocycles. The highest BCUT2D eigenvalue weighted by atomic mass is 35.5. The molecule has 0 atom stereocenters. The minimum Gasteiger partial charge on any atom is -0.457 e. The Morgan fingerprint density at radius 2 is 1.03 bits per heavy atom. The minimum absolute atomic E-state index is 0.517. The Bertz CT molecular complexity index is 1430. The third-order valence-electron chi connectivity index (χ3n) is 6.51. The fraction of sp³-hybridized carbons (Fsp3) is 0.0323. The molecule has 5 aromatic carbocycles. The van der Waals surface area contributed by atoms with Gasteiger partial charge < -0.3 is 4.74 Å². The van der Waals surface area contributed by atoms with E-state index in [2.05, 4.69) is 91.0 Å². The van der Waals surface area contributed by atoms with E-state index in [1.54, 1.807) is 6.07 Å². The van der Waals surface area contributed by atoms with Crippen LogP contribution in [0.3, 0.4) is 0 Å². The number of hydrogen-bond donors (Lipinski definition) is 0. The molecule has 0 aliphatic carbocycles. The molecule has 3 heteroatoms. The third-order valence-corrected chi connectivity index (χ3v) is 6.94. The molecule has 1 aliphatic rings. The monoisotopic (exact) mass is 478 g/mol. The summed E-state index contributed by atoms with van der Waals surface area (Å²) in [7, 11) is 0. The summed E-state index contributed by atoms with van der Waals surface area (Å²) < 4.78 is 6.53. The molecule has 5 aromatic rings. The van der Waals surface area contributed by atoms with Crippen LogP contribution >= 0.6 is 23.2 Å². The van der Waals surface area contributed by atoms with Gasteiger partial charge in [-0.05, 0) is 52.6 Å². The van der Waals surface area contributed by atoms with Crippen molar-refractivity contribution in [2.75, 3.05) is 0 Å². The molecule has 0 fully saturated rings. The average molecular weight is 479 g/mol. The van der Waals surface area contributed by atoms with E-state index in [1.165, 1.54) is 11.1 Å². The molecule has 0 radical (unpaired) electrons. The fourth-order valence-electron chi connectivity index (χ4n) is 5.11. The van der Waals surface area contributed by atoms with E-state index in [0.29, 0.717) is 10.0 Å². The number of halogens is 2. The largest absolute Gasteiger partial charge is 0.457 e. The molecule has 0 saturated carbocycles. The zero-order valence-corrected chi connectivity index (χ0v) is 19.7. The van der Waals surface area contributed by atoms with Gasteiger partial charge in [-0.1, -0.05) is 114 Å². The van der Waals surface area contributed by atoms with Gasteiger partial charge in [0.25, 0.3) is 0 Å². The second-order valence-electron chi connectivity index (χ2n) is 8.45. The summed E-state index contributed by atoms with van der Waals surface area (Å²) in [5, 5.41) is 1.21. The predicted octanol–water partition coefficient (Wildman–Crippen LogP) is 9.15. The van der Waals surface area contributed by atoms with Crippen molar-refractivity contribution >= 4 is 23.2 Å². The summed E-state index contributed by atoms with van der Waals surface area (Å²) in [6, 6.07) is 41.6. The van der Waals surface area contributed by atoms with Crippen LogP contribution in [0.5, 0.6) is 11.5 Å². The summed E-state index contributed by atoms with van der Waals surface area (Å²) in [6.07, 6.45) is 0. The van der Waals surface area contributed by atoms with Gasteiger partial charge in [-0.3, -0.25) is 0 Å². The maximum absolute atomic E-state index is 6.53. The van der Waals surface area contributed by atoms with Crippen molar-refractivity contribution in [3.8, 4) is 22.6 Å². The number of ether oxygens (including phenoxy) is 1. The molecule has 6 rings (SSSR count). The summed E-state index contributed by atoms with van der Waals surface area (Å²) in [5.74, 6) is 1.67. The average Bonchev–Trinajstić information content (AvgIpc) is 2.87. The van der Waals surface area contributed by atoms with Crippen molar-refractivity contribution in [2.45, 2.75) is 5.41 Å². The zero-order chi connectivity index (χ0) is 23.1. The second-order valence-corrected chi connectivity index (χ2v) is 9.32. The molecule has 0 N–H and O–H groups in total. The number of para-hydroxylation sites is 1. The Hall–Kier alpha value is -3.52. The van der Waals surface area contributed by atoms with Crippen molar-refractivity contribution in [2.24, 2.45) is 0 Å². The Morgan fingerprint density at radius 3 is 1.68 bits per heavy atom. The van der Waals surface area contributed by atoms with Gasteiger partial charge in [0.1, 0.15) is 11.5 Å². The first-order valence-corrected chi connectivity index (χ1v) is 11.9. The van der Waals surface area contributed by atoms with Gasteiger partial charge in [0.05, 0.1) is 5.41 Å². The van der Waals surface area contributed by atoms with Crippen LogP contribution < -0.4 is 4.74 Å². The van der Waals surface area contributed by atoms with Crippen molar-refractivity contribution in [3.05, 3.63) is 154 Å². The molecule has 0 aromatic heterocycles. The maximum atomic E-state index is 6.53. The summed E-state index contributed by atoms with van der Waals surface area (Å²) in [6.45, 7) is 0. The molecule has 1 aliphatic heterocycles. The highest BCUT2D eigenvalue weighted by molar-refractivity contribution is 6.35. The highest BCUT2D eigenvalue weighted by Gasteiger charge is 2.45. The first kappa shape index (κ1) is 21.0. The van der Waals surface area contributed by atoms with Crippen LogP contribution in [0.25, 0.3) is 11.1 Å².